The summed E-state index contributed by atoms with van der Waals surface area (Å²) in [4.78, 5) is 31.0. The number of fused-ring (bicyclic) bond motifs is 1. The van der Waals surface area contributed by atoms with E-state index in [9.17, 15) is 9.59 Å². The van der Waals surface area contributed by atoms with E-state index in [4.69, 9.17) is 17.0 Å². The molecule has 8 heteroatoms. The van der Waals surface area contributed by atoms with E-state index in [2.05, 4.69) is 4.90 Å². The van der Waals surface area contributed by atoms with E-state index in [1.54, 1.807) is 22.6 Å². The van der Waals surface area contributed by atoms with Gasteiger partial charge in [-0.3, -0.25) is 14.5 Å². The first-order valence-electron chi connectivity index (χ1n) is 10.8. The number of morpholine rings is 1. The van der Waals surface area contributed by atoms with Gasteiger partial charge in [-0.05, 0) is 17.7 Å². The second-order valence-electron chi connectivity index (χ2n) is 8.00. The second kappa shape index (κ2) is 9.13. The molecule has 0 aliphatic carbocycles. The van der Waals surface area contributed by atoms with Gasteiger partial charge in [-0.25, -0.2) is 0 Å². The molecule has 2 fully saturated rings. The summed E-state index contributed by atoms with van der Waals surface area (Å²) in [7, 11) is 1.77. The monoisotopic (exact) mass is 477 g/mol. The summed E-state index contributed by atoms with van der Waals surface area (Å²) >= 11 is 6.77. The van der Waals surface area contributed by atoms with Crippen LogP contribution in [0.1, 0.15) is 11.1 Å². The normalized spacial score (nSPS) is 18.0. The number of hydrogen-bond donors (Lipinski definition) is 0. The summed E-state index contributed by atoms with van der Waals surface area (Å²) in [5.41, 5.74) is 3.09. The smallest absolute Gasteiger partial charge is 0.266 e. The van der Waals surface area contributed by atoms with E-state index in [1.807, 2.05) is 54.6 Å². The molecule has 1 aromatic heterocycles. The number of aromatic nitrogens is 1. The van der Waals surface area contributed by atoms with Crippen molar-refractivity contribution in [3.8, 4) is 0 Å². The molecule has 33 heavy (non-hydrogen) atoms. The maximum absolute atomic E-state index is 13.5. The first-order valence-corrected chi connectivity index (χ1v) is 12.0. The molecule has 2 saturated heterocycles. The number of carbonyl (C=O) groups excluding carboxylic acids is 1. The van der Waals surface area contributed by atoms with Gasteiger partial charge < -0.3 is 14.2 Å². The first-order chi connectivity index (χ1) is 16.0. The Balaban J connectivity index is 1.61. The number of carbonyl (C=O) groups is 1. The van der Waals surface area contributed by atoms with Gasteiger partial charge in [0.2, 0.25) is 0 Å². The van der Waals surface area contributed by atoms with Crippen LogP contribution in [0.15, 0.2) is 64.3 Å². The molecule has 0 unspecified atom stereocenters. The Kier molecular flexibility index (Phi) is 6.05. The Hall–Kier alpha value is -2.94. The lowest BCUT2D eigenvalue weighted by Crippen LogP contribution is -2.38. The van der Waals surface area contributed by atoms with E-state index in [-0.39, 0.29) is 11.5 Å². The van der Waals surface area contributed by atoms with Crippen LogP contribution < -0.4 is 10.5 Å². The number of hydrogen-bond acceptors (Lipinski definition) is 6. The molecule has 2 aromatic carbocycles. The van der Waals surface area contributed by atoms with Crippen molar-refractivity contribution in [3.63, 3.8) is 0 Å². The van der Waals surface area contributed by atoms with Crippen LogP contribution in [0.2, 0.25) is 0 Å². The van der Waals surface area contributed by atoms with E-state index in [1.165, 1.54) is 11.8 Å². The molecule has 5 rings (SSSR count). The quantitative estimate of drug-likeness (QED) is 0.421. The van der Waals surface area contributed by atoms with Crippen molar-refractivity contribution >= 4 is 56.9 Å². The molecule has 6 nitrogen and oxygen atoms in total. The van der Waals surface area contributed by atoms with E-state index in [0.29, 0.717) is 47.6 Å². The highest BCUT2D eigenvalue weighted by molar-refractivity contribution is 8.26. The van der Waals surface area contributed by atoms with Gasteiger partial charge in [0.25, 0.3) is 11.5 Å². The molecule has 0 N–H and O–H groups in total. The van der Waals surface area contributed by atoms with Crippen molar-refractivity contribution in [3.05, 3.63) is 81.0 Å². The molecule has 3 aromatic rings. The van der Waals surface area contributed by atoms with Crippen molar-refractivity contribution in [2.75, 3.05) is 31.2 Å². The summed E-state index contributed by atoms with van der Waals surface area (Å²) < 4.78 is 7.69. The Labute approximate surface area is 201 Å². The van der Waals surface area contributed by atoms with Crippen LogP contribution in [0, 0.1) is 0 Å². The highest BCUT2D eigenvalue weighted by Gasteiger charge is 2.33. The fraction of sp³-hybridized carbons (Fsp3) is 0.240. The molecular weight excluding hydrogens is 454 g/mol. The zero-order valence-electron chi connectivity index (χ0n) is 18.2. The standard InChI is InChI=1S/C25H23N3O3S2/c1-26-20-10-6-5-9-18(20)22(27-11-13-31-14-12-27)19(23(26)29)15-21-24(30)28(25(32)33-21)16-17-7-3-2-4-8-17/h2-10,15H,11-14,16H2,1H3. The second-order valence-corrected chi connectivity index (χ2v) is 9.67. The maximum Gasteiger partial charge on any atom is 0.266 e. The van der Waals surface area contributed by atoms with Gasteiger partial charge >= 0.3 is 0 Å². The van der Waals surface area contributed by atoms with Gasteiger partial charge in [-0.2, -0.15) is 0 Å². The fourth-order valence-corrected chi connectivity index (χ4v) is 5.53. The summed E-state index contributed by atoms with van der Waals surface area (Å²) in [5.74, 6) is -0.169. The number of aryl methyl sites for hydroxylation is 1. The Bertz CT molecular complexity index is 1330. The molecule has 3 heterocycles. The van der Waals surface area contributed by atoms with Crippen molar-refractivity contribution in [2.24, 2.45) is 7.05 Å². The van der Waals surface area contributed by atoms with E-state index >= 15 is 0 Å². The Morgan fingerprint density at radius 2 is 1.73 bits per heavy atom. The largest absolute Gasteiger partial charge is 0.378 e. The third-order valence-corrected chi connectivity index (χ3v) is 7.35. The number of nitrogens with zero attached hydrogens (tertiary/aromatic N) is 3. The number of benzene rings is 2. The molecule has 0 atom stereocenters. The predicted octanol–water partition coefficient (Wildman–Crippen LogP) is 3.78. The molecule has 0 saturated carbocycles. The number of thiocarbonyl (C=S) groups is 1. The van der Waals surface area contributed by atoms with Gasteiger partial charge in [0, 0.05) is 25.5 Å². The molecule has 2 aliphatic heterocycles. The average Bonchev–Trinajstić information content (AvgIpc) is 3.11. The van der Waals surface area contributed by atoms with Crippen LogP contribution in [0.25, 0.3) is 17.0 Å². The first kappa shape index (κ1) is 21.9. The van der Waals surface area contributed by atoms with Crippen molar-refractivity contribution < 1.29 is 9.53 Å². The lowest BCUT2D eigenvalue weighted by Gasteiger charge is -2.31. The minimum atomic E-state index is -0.169. The molecule has 1 amide bonds. The zero-order chi connectivity index (χ0) is 22.9. The summed E-state index contributed by atoms with van der Waals surface area (Å²) in [5, 5.41) is 0.979. The summed E-state index contributed by atoms with van der Waals surface area (Å²) in [6.45, 7) is 2.99. The van der Waals surface area contributed by atoms with Crippen molar-refractivity contribution in [2.45, 2.75) is 6.54 Å². The topological polar surface area (TPSA) is 54.8 Å². The van der Waals surface area contributed by atoms with Gasteiger partial charge in [0.05, 0.1) is 41.4 Å². The van der Waals surface area contributed by atoms with E-state index in [0.717, 1.165) is 22.2 Å². The summed E-state index contributed by atoms with van der Waals surface area (Å²) in [6.07, 6.45) is 1.73. The zero-order valence-corrected chi connectivity index (χ0v) is 19.8. The number of ether oxygens (including phenoxy) is 1. The third-order valence-electron chi connectivity index (χ3n) is 5.97. The van der Waals surface area contributed by atoms with Gasteiger partial charge in [0.1, 0.15) is 4.32 Å². The van der Waals surface area contributed by atoms with Crippen LogP contribution in [0.4, 0.5) is 5.69 Å². The third kappa shape index (κ3) is 4.10. The minimum Gasteiger partial charge on any atom is -0.378 e. The van der Waals surface area contributed by atoms with Crippen LogP contribution in [-0.4, -0.2) is 46.0 Å². The molecule has 2 aliphatic rings. The van der Waals surface area contributed by atoms with E-state index < -0.39 is 0 Å². The molecule has 0 radical (unpaired) electrons. The lowest BCUT2D eigenvalue weighted by molar-refractivity contribution is -0.122. The number of rotatable bonds is 4. The number of para-hydroxylation sites is 1. The summed E-state index contributed by atoms with van der Waals surface area (Å²) in [6, 6.07) is 17.6. The Morgan fingerprint density at radius 3 is 2.48 bits per heavy atom. The van der Waals surface area contributed by atoms with Crippen molar-refractivity contribution in [1.82, 2.24) is 9.47 Å². The number of pyridine rings is 1. The number of anilines is 1. The van der Waals surface area contributed by atoms with Gasteiger partial charge in [0.15, 0.2) is 0 Å². The molecule has 168 valence electrons. The maximum atomic E-state index is 13.5. The van der Waals surface area contributed by atoms with Crippen LogP contribution in [0.3, 0.4) is 0 Å². The van der Waals surface area contributed by atoms with Crippen molar-refractivity contribution in [1.29, 1.82) is 0 Å². The highest BCUT2D eigenvalue weighted by atomic mass is 32.2. The van der Waals surface area contributed by atoms with Gasteiger partial charge in [-0.15, -0.1) is 0 Å². The average molecular weight is 478 g/mol. The minimum absolute atomic E-state index is 0.136. The lowest BCUT2D eigenvalue weighted by atomic mass is 10.1. The fourth-order valence-electron chi connectivity index (χ4n) is 4.29. The molecule has 0 spiro atoms. The van der Waals surface area contributed by atoms with Crippen LogP contribution in [0.5, 0.6) is 0 Å². The SMILES string of the molecule is Cn1c(=O)c(C=C2SC(=S)N(Cc3ccccc3)C2=O)c(N2CCOCC2)c2ccccc21. The predicted molar refractivity (Wildman–Crippen MR) is 137 cm³/mol. The van der Waals surface area contributed by atoms with Crippen LogP contribution in [-0.2, 0) is 23.1 Å². The number of amides is 1. The Morgan fingerprint density at radius 1 is 1.03 bits per heavy atom. The molecule has 0 bridgehead atoms. The highest BCUT2D eigenvalue weighted by Crippen LogP contribution is 2.36. The van der Waals surface area contributed by atoms with Gasteiger partial charge in [-0.1, -0.05) is 72.5 Å². The van der Waals surface area contributed by atoms with Crippen LogP contribution >= 0.6 is 24.0 Å². The molecular formula is C25H23N3O3S2. The number of thioether (sulfide) groups is 1.